The lowest BCUT2D eigenvalue weighted by molar-refractivity contribution is 0.121. The number of piperidine rings is 1. The Balaban J connectivity index is 1.47. The fourth-order valence-corrected chi connectivity index (χ4v) is 3.84. The minimum absolute atomic E-state index is 0.201. The van der Waals surface area contributed by atoms with Crippen LogP contribution < -0.4 is 10.6 Å². The third-order valence-corrected chi connectivity index (χ3v) is 5.73. The molecule has 28 heavy (non-hydrogen) atoms. The minimum atomic E-state index is 0.201. The third kappa shape index (κ3) is 5.69. The van der Waals surface area contributed by atoms with Crippen LogP contribution in [0.3, 0.4) is 0 Å². The van der Waals surface area contributed by atoms with Crippen LogP contribution in [0.5, 0.6) is 0 Å². The van der Waals surface area contributed by atoms with Crippen molar-refractivity contribution in [1.82, 2.24) is 15.5 Å². The zero-order valence-electron chi connectivity index (χ0n) is 17.4. The van der Waals surface area contributed by atoms with Crippen molar-refractivity contribution in [2.75, 3.05) is 46.9 Å². The van der Waals surface area contributed by atoms with Crippen molar-refractivity contribution in [3.8, 4) is 0 Å². The van der Waals surface area contributed by atoms with E-state index in [1.54, 1.807) is 7.11 Å². The first-order valence-electron chi connectivity index (χ1n) is 10.4. The molecule has 0 amide bonds. The molecule has 0 bridgehead atoms. The molecule has 0 aromatic heterocycles. The van der Waals surface area contributed by atoms with Crippen LogP contribution in [0.15, 0.2) is 47.5 Å². The molecule has 1 fully saturated rings. The maximum atomic E-state index is 5.18. The molecule has 2 aromatic carbocycles. The highest BCUT2D eigenvalue weighted by atomic mass is 16.5. The molecule has 1 unspecified atom stereocenters. The predicted molar refractivity (Wildman–Crippen MR) is 118 cm³/mol. The number of fused-ring (bicyclic) bond motifs is 1. The second-order valence-electron chi connectivity index (χ2n) is 7.70. The third-order valence-electron chi connectivity index (χ3n) is 5.73. The summed E-state index contributed by atoms with van der Waals surface area (Å²) in [6.07, 6.45) is 2.46. The molecule has 2 aromatic rings. The monoisotopic (exact) mass is 382 g/mol. The number of ether oxygens (including phenoxy) is 1. The van der Waals surface area contributed by atoms with Gasteiger partial charge in [-0.25, -0.2) is 0 Å². The molecule has 1 aliphatic heterocycles. The molecular weight excluding hydrogens is 348 g/mol. The number of hydrogen-bond donors (Lipinski definition) is 2. The molecule has 0 saturated carbocycles. The van der Waals surface area contributed by atoms with Crippen LogP contribution in [0.25, 0.3) is 10.8 Å². The van der Waals surface area contributed by atoms with Gasteiger partial charge in [0.05, 0.1) is 12.6 Å². The number of benzene rings is 2. The molecule has 152 valence electrons. The molecule has 1 saturated heterocycles. The van der Waals surface area contributed by atoms with Crippen molar-refractivity contribution in [2.24, 2.45) is 10.9 Å². The van der Waals surface area contributed by atoms with Crippen molar-refractivity contribution >= 4 is 16.7 Å². The number of nitrogens with one attached hydrogen (secondary N) is 2. The second kappa shape index (κ2) is 10.4. The van der Waals surface area contributed by atoms with Crippen molar-refractivity contribution < 1.29 is 4.74 Å². The van der Waals surface area contributed by atoms with Crippen molar-refractivity contribution in [3.05, 3.63) is 48.0 Å². The molecule has 1 atom stereocenters. The summed E-state index contributed by atoms with van der Waals surface area (Å²) in [5, 5.41) is 9.62. The molecule has 1 aliphatic rings. The number of guanidine groups is 1. The fourth-order valence-electron chi connectivity index (χ4n) is 3.84. The normalized spacial score (nSPS) is 17.6. The summed E-state index contributed by atoms with van der Waals surface area (Å²) in [4.78, 5) is 6.92. The number of methoxy groups -OCH3 is 1. The van der Waals surface area contributed by atoms with Crippen LogP contribution in [0.4, 0.5) is 0 Å². The molecule has 2 N–H and O–H groups in total. The molecule has 0 aliphatic carbocycles. The van der Waals surface area contributed by atoms with Crippen LogP contribution in [0.2, 0.25) is 0 Å². The van der Waals surface area contributed by atoms with Gasteiger partial charge in [0.15, 0.2) is 5.96 Å². The Morgan fingerprint density at radius 2 is 1.93 bits per heavy atom. The SMILES string of the molecule is CN=C(NCC1CCN(CCOC)CC1)NC(C)c1ccc2ccccc2c1. The number of aliphatic imine (C=N–C) groups is 1. The highest BCUT2D eigenvalue weighted by Crippen LogP contribution is 2.20. The van der Waals surface area contributed by atoms with E-state index in [9.17, 15) is 0 Å². The lowest BCUT2D eigenvalue weighted by Gasteiger charge is -2.32. The lowest BCUT2D eigenvalue weighted by Crippen LogP contribution is -2.43. The van der Waals surface area contributed by atoms with E-state index in [-0.39, 0.29) is 6.04 Å². The van der Waals surface area contributed by atoms with Gasteiger partial charge in [-0.05, 0) is 61.2 Å². The predicted octanol–water partition coefficient (Wildman–Crippen LogP) is 3.42. The Bertz CT molecular complexity index is 768. The Labute approximate surface area is 169 Å². The summed E-state index contributed by atoms with van der Waals surface area (Å²) in [6.45, 7) is 7.35. The van der Waals surface area contributed by atoms with E-state index in [0.717, 1.165) is 38.7 Å². The first-order chi connectivity index (χ1) is 13.7. The summed E-state index contributed by atoms with van der Waals surface area (Å²) in [5.74, 6) is 1.58. The van der Waals surface area contributed by atoms with Crippen molar-refractivity contribution in [2.45, 2.75) is 25.8 Å². The van der Waals surface area contributed by atoms with Gasteiger partial charge in [-0.3, -0.25) is 4.99 Å². The average molecular weight is 383 g/mol. The summed E-state index contributed by atoms with van der Waals surface area (Å²) in [5.41, 5.74) is 1.27. The van der Waals surface area contributed by atoms with Crippen LogP contribution >= 0.6 is 0 Å². The van der Waals surface area contributed by atoms with Gasteiger partial charge < -0.3 is 20.3 Å². The van der Waals surface area contributed by atoms with E-state index in [1.807, 2.05) is 7.05 Å². The average Bonchev–Trinajstić information content (AvgIpc) is 2.75. The fraction of sp³-hybridized carbons (Fsp3) is 0.522. The molecule has 0 radical (unpaired) electrons. The zero-order valence-corrected chi connectivity index (χ0v) is 17.4. The van der Waals surface area contributed by atoms with E-state index in [2.05, 4.69) is 69.9 Å². The maximum absolute atomic E-state index is 5.18. The van der Waals surface area contributed by atoms with Crippen LogP contribution in [-0.4, -0.2) is 57.8 Å². The Morgan fingerprint density at radius 1 is 1.18 bits per heavy atom. The second-order valence-corrected chi connectivity index (χ2v) is 7.70. The smallest absolute Gasteiger partial charge is 0.191 e. The maximum Gasteiger partial charge on any atom is 0.191 e. The van der Waals surface area contributed by atoms with Crippen LogP contribution in [0.1, 0.15) is 31.4 Å². The Morgan fingerprint density at radius 3 is 2.64 bits per heavy atom. The van der Waals surface area contributed by atoms with Gasteiger partial charge in [-0.2, -0.15) is 0 Å². The minimum Gasteiger partial charge on any atom is -0.383 e. The van der Waals surface area contributed by atoms with E-state index in [0.29, 0.717) is 5.92 Å². The molecule has 5 nitrogen and oxygen atoms in total. The van der Waals surface area contributed by atoms with Gasteiger partial charge in [0.25, 0.3) is 0 Å². The van der Waals surface area contributed by atoms with Gasteiger partial charge >= 0.3 is 0 Å². The molecule has 0 spiro atoms. The topological polar surface area (TPSA) is 48.9 Å². The van der Waals surface area contributed by atoms with Crippen LogP contribution in [-0.2, 0) is 4.74 Å². The number of rotatable bonds is 7. The molecule has 3 rings (SSSR count). The van der Waals surface area contributed by atoms with Crippen molar-refractivity contribution in [3.63, 3.8) is 0 Å². The molecular formula is C23H34N4O. The molecule has 5 heteroatoms. The Kier molecular flexibility index (Phi) is 7.69. The van der Waals surface area contributed by atoms with Gasteiger partial charge in [0.1, 0.15) is 0 Å². The van der Waals surface area contributed by atoms with Gasteiger partial charge in [0, 0.05) is 27.2 Å². The van der Waals surface area contributed by atoms with Gasteiger partial charge in [-0.1, -0.05) is 36.4 Å². The lowest BCUT2D eigenvalue weighted by atomic mass is 9.97. The molecule has 1 heterocycles. The number of hydrogen-bond acceptors (Lipinski definition) is 3. The van der Waals surface area contributed by atoms with Crippen molar-refractivity contribution in [1.29, 1.82) is 0 Å². The summed E-state index contributed by atoms with van der Waals surface area (Å²) < 4.78 is 5.18. The van der Waals surface area contributed by atoms with E-state index in [4.69, 9.17) is 4.74 Å². The highest BCUT2D eigenvalue weighted by Gasteiger charge is 2.19. The standard InChI is InChI=1S/C23H34N4O/c1-18(21-9-8-20-6-4-5-7-22(20)16-21)26-23(24-2)25-17-19-10-12-27(13-11-19)14-15-28-3/h4-9,16,18-19H,10-15,17H2,1-3H3,(H2,24,25,26). The van der Waals surface area contributed by atoms with E-state index >= 15 is 0 Å². The van der Waals surface area contributed by atoms with E-state index in [1.165, 1.54) is 29.2 Å². The summed E-state index contributed by atoms with van der Waals surface area (Å²) >= 11 is 0. The first kappa shape index (κ1) is 20.6. The summed E-state index contributed by atoms with van der Waals surface area (Å²) in [6, 6.07) is 15.3. The largest absolute Gasteiger partial charge is 0.383 e. The van der Waals surface area contributed by atoms with E-state index < -0.39 is 0 Å². The highest BCUT2D eigenvalue weighted by molar-refractivity contribution is 5.84. The number of nitrogens with zero attached hydrogens (tertiary/aromatic N) is 2. The van der Waals surface area contributed by atoms with Gasteiger partial charge in [-0.15, -0.1) is 0 Å². The van der Waals surface area contributed by atoms with Crippen LogP contribution in [0, 0.1) is 5.92 Å². The Hall–Kier alpha value is -2.11. The number of likely N-dealkylation sites (tertiary alicyclic amines) is 1. The first-order valence-corrected chi connectivity index (χ1v) is 10.4. The summed E-state index contributed by atoms with van der Waals surface area (Å²) in [7, 11) is 3.62. The van der Waals surface area contributed by atoms with Gasteiger partial charge in [0.2, 0.25) is 0 Å². The quantitative estimate of drug-likeness (QED) is 0.569. The zero-order chi connectivity index (χ0) is 19.8.